The van der Waals surface area contributed by atoms with E-state index in [-0.39, 0.29) is 25.5 Å². The molecule has 1 unspecified atom stereocenters. The zero-order valence-electron chi connectivity index (χ0n) is 16.9. The van der Waals surface area contributed by atoms with E-state index in [1.54, 1.807) is 52.9 Å². The van der Waals surface area contributed by atoms with Gasteiger partial charge in [0.25, 0.3) is 0 Å². The second-order valence-electron chi connectivity index (χ2n) is 8.07. The number of hydrogen-bond donors (Lipinski definition) is 1. The summed E-state index contributed by atoms with van der Waals surface area (Å²) in [6.45, 7) is 9.30. The van der Waals surface area contributed by atoms with Gasteiger partial charge in [0, 0.05) is 17.2 Å². The summed E-state index contributed by atoms with van der Waals surface area (Å²) in [6.07, 6.45) is 0.962. The van der Waals surface area contributed by atoms with Gasteiger partial charge in [-0.3, -0.25) is 24.6 Å². The normalized spacial score (nSPS) is 25.8. The van der Waals surface area contributed by atoms with Crippen molar-refractivity contribution in [3.8, 4) is 0 Å². The van der Waals surface area contributed by atoms with Gasteiger partial charge in [-0.25, -0.2) is 4.98 Å². The summed E-state index contributed by atoms with van der Waals surface area (Å²) in [7, 11) is 0. The van der Waals surface area contributed by atoms with Crippen LogP contribution in [0.25, 0.3) is 0 Å². The van der Waals surface area contributed by atoms with Crippen LogP contribution in [0.3, 0.4) is 0 Å². The Morgan fingerprint density at radius 1 is 1.25 bits per heavy atom. The van der Waals surface area contributed by atoms with E-state index in [0.29, 0.717) is 11.4 Å². The Hall–Kier alpha value is -2.48. The number of ether oxygens (including phenoxy) is 2. The van der Waals surface area contributed by atoms with Gasteiger partial charge in [0.05, 0.1) is 13.2 Å². The van der Waals surface area contributed by atoms with Crippen molar-refractivity contribution in [3.63, 3.8) is 0 Å². The number of anilines is 1. The van der Waals surface area contributed by atoms with Gasteiger partial charge >= 0.3 is 11.9 Å². The van der Waals surface area contributed by atoms with Crippen LogP contribution < -0.4 is 10.2 Å². The quantitative estimate of drug-likeness (QED) is 0.780. The van der Waals surface area contributed by atoms with Gasteiger partial charge in [0.1, 0.15) is 23.4 Å². The van der Waals surface area contributed by atoms with Crippen LogP contribution in [0.1, 0.15) is 46.6 Å². The Balaban J connectivity index is 2.15. The number of aromatic nitrogens is 1. The first kappa shape index (κ1) is 20.3. The number of hydrogen-bond acceptors (Lipinski definition) is 7. The Morgan fingerprint density at radius 3 is 2.54 bits per heavy atom. The molecule has 0 aliphatic carbocycles. The van der Waals surface area contributed by atoms with E-state index >= 15 is 0 Å². The van der Waals surface area contributed by atoms with Crippen molar-refractivity contribution in [3.05, 3.63) is 23.9 Å². The smallest absolute Gasteiger partial charge is 0.323 e. The van der Waals surface area contributed by atoms with E-state index in [2.05, 4.69) is 10.3 Å². The first-order valence-corrected chi connectivity index (χ1v) is 9.57. The molecule has 0 bridgehead atoms. The molecule has 3 heterocycles. The molecule has 0 spiro atoms. The number of nitrogens with one attached hydrogen (secondary N) is 1. The molecule has 28 heavy (non-hydrogen) atoms. The van der Waals surface area contributed by atoms with E-state index in [1.165, 1.54) is 4.90 Å². The lowest BCUT2D eigenvalue weighted by molar-refractivity contribution is -0.150. The molecule has 1 amide bonds. The van der Waals surface area contributed by atoms with Gasteiger partial charge in [0.15, 0.2) is 0 Å². The predicted molar refractivity (Wildman–Crippen MR) is 101 cm³/mol. The van der Waals surface area contributed by atoms with Crippen LogP contribution in [0.5, 0.6) is 0 Å². The molecule has 1 aromatic heterocycles. The summed E-state index contributed by atoms with van der Waals surface area (Å²) >= 11 is 0. The van der Waals surface area contributed by atoms with Crippen LogP contribution in [-0.4, -0.2) is 48.3 Å². The van der Waals surface area contributed by atoms with Crippen molar-refractivity contribution < 1.29 is 23.9 Å². The number of pyridine rings is 1. The molecule has 8 heteroatoms. The van der Waals surface area contributed by atoms with Gasteiger partial charge in [0.2, 0.25) is 5.91 Å². The predicted octanol–water partition coefficient (Wildman–Crippen LogP) is 1.53. The largest absolute Gasteiger partial charge is 0.465 e. The number of amides is 1. The third kappa shape index (κ3) is 2.96. The zero-order valence-corrected chi connectivity index (χ0v) is 16.9. The van der Waals surface area contributed by atoms with E-state index in [0.717, 1.165) is 0 Å². The Bertz CT molecular complexity index is 803. The molecule has 3 atom stereocenters. The Labute approximate surface area is 164 Å². The first-order chi connectivity index (χ1) is 13.2. The fraction of sp³-hybridized carbons (Fsp3) is 0.600. The van der Waals surface area contributed by atoms with Crippen molar-refractivity contribution in [2.45, 2.75) is 58.7 Å². The number of fused-ring (bicyclic) bond motifs is 3. The van der Waals surface area contributed by atoms with Gasteiger partial charge in [-0.15, -0.1) is 0 Å². The summed E-state index contributed by atoms with van der Waals surface area (Å²) in [5.41, 5.74) is -1.32. The highest BCUT2D eigenvalue weighted by Gasteiger charge is 2.65. The van der Waals surface area contributed by atoms with Crippen LogP contribution in [0.15, 0.2) is 18.3 Å². The minimum atomic E-state index is -1.21. The molecule has 2 aliphatic rings. The minimum Gasteiger partial charge on any atom is -0.465 e. The fourth-order valence-corrected chi connectivity index (χ4v) is 3.97. The Morgan fingerprint density at radius 2 is 1.93 bits per heavy atom. The van der Waals surface area contributed by atoms with Crippen LogP contribution in [0.4, 0.5) is 5.82 Å². The van der Waals surface area contributed by atoms with Crippen LogP contribution in [0.2, 0.25) is 0 Å². The molecule has 1 N–H and O–H groups in total. The van der Waals surface area contributed by atoms with Crippen molar-refractivity contribution in [2.24, 2.45) is 5.41 Å². The molecule has 2 aliphatic heterocycles. The van der Waals surface area contributed by atoms with Gasteiger partial charge < -0.3 is 9.47 Å². The topological polar surface area (TPSA) is 97.8 Å². The van der Waals surface area contributed by atoms with Crippen LogP contribution in [-0.2, 0) is 29.3 Å². The summed E-state index contributed by atoms with van der Waals surface area (Å²) in [4.78, 5) is 44.8. The van der Waals surface area contributed by atoms with Gasteiger partial charge in [-0.05, 0) is 26.3 Å². The first-order valence-electron chi connectivity index (χ1n) is 9.57. The van der Waals surface area contributed by atoms with Gasteiger partial charge in [-0.1, -0.05) is 26.8 Å². The molecule has 1 fully saturated rings. The monoisotopic (exact) mass is 389 g/mol. The zero-order chi connectivity index (χ0) is 20.7. The van der Waals surface area contributed by atoms with E-state index in [9.17, 15) is 14.4 Å². The number of carbonyl (C=O) groups excluding carboxylic acids is 3. The number of nitrogens with zero attached hydrogens (tertiary/aromatic N) is 2. The average molecular weight is 389 g/mol. The standard InChI is InChI=1S/C20H27N3O5/c1-6-27-15(24)13-11-20(18(26)28-7-2)12-9-8-10-21-14(12)23(16(20)22-13)17(25)19(3,4)5/h8-10,13,16,22H,6-7,11H2,1-5H3/t13?,16-,20-/m1/s1. The minimum absolute atomic E-state index is 0.141. The highest BCUT2D eigenvalue weighted by Crippen LogP contribution is 2.51. The molecule has 152 valence electrons. The lowest BCUT2D eigenvalue weighted by atomic mass is 9.78. The highest BCUT2D eigenvalue weighted by atomic mass is 16.5. The molecule has 0 radical (unpaired) electrons. The maximum Gasteiger partial charge on any atom is 0.323 e. The lowest BCUT2D eigenvalue weighted by Gasteiger charge is -2.33. The maximum atomic E-state index is 13.3. The molecular weight excluding hydrogens is 362 g/mol. The van der Waals surface area contributed by atoms with Crippen molar-refractivity contribution in [2.75, 3.05) is 18.1 Å². The molecular formula is C20H27N3O5. The van der Waals surface area contributed by atoms with Crippen molar-refractivity contribution in [1.29, 1.82) is 0 Å². The molecule has 1 saturated heterocycles. The summed E-state index contributed by atoms with van der Waals surface area (Å²) < 4.78 is 10.5. The summed E-state index contributed by atoms with van der Waals surface area (Å²) in [5, 5.41) is 3.16. The summed E-state index contributed by atoms with van der Waals surface area (Å²) in [6, 6.07) is 2.77. The van der Waals surface area contributed by atoms with E-state index in [1.807, 2.05) is 0 Å². The number of rotatable bonds is 4. The number of esters is 2. The van der Waals surface area contributed by atoms with Crippen LogP contribution in [0, 0.1) is 5.41 Å². The van der Waals surface area contributed by atoms with E-state index < -0.39 is 35.0 Å². The third-order valence-electron chi connectivity index (χ3n) is 5.18. The molecule has 1 aromatic rings. The maximum absolute atomic E-state index is 13.3. The number of carbonyl (C=O) groups is 3. The highest BCUT2D eigenvalue weighted by molar-refractivity contribution is 6.04. The molecule has 0 saturated carbocycles. The third-order valence-corrected chi connectivity index (χ3v) is 5.18. The SMILES string of the molecule is CCOC(=O)C1C[C@@]2(C(=O)OCC)c3cccnc3N(C(=O)C(C)(C)C)[C@H]2N1. The second kappa shape index (κ2) is 7.16. The molecule has 3 rings (SSSR count). The average Bonchev–Trinajstić information content (AvgIpc) is 3.14. The van der Waals surface area contributed by atoms with Crippen LogP contribution >= 0.6 is 0 Å². The lowest BCUT2D eigenvalue weighted by Crippen LogP contribution is -2.57. The fourth-order valence-electron chi connectivity index (χ4n) is 3.97. The summed E-state index contributed by atoms with van der Waals surface area (Å²) in [5.74, 6) is -0.692. The van der Waals surface area contributed by atoms with Crippen molar-refractivity contribution >= 4 is 23.7 Å². The van der Waals surface area contributed by atoms with Gasteiger partial charge in [-0.2, -0.15) is 0 Å². The second-order valence-corrected chi connectivity index (χ2v) is 8.07. The Kier molecular flexibility index (Phi) is 5.18. The molecule has 8 nitrogen and oxygen atoms in total. The van der Waals surface area contributed by atoms with Crippen molar-refractivity contribution in [1.82, 2.24) is 10.3 Å². The van der Waals surface area contributed by atoms with E-state index in [4.69, 9.17) is 9.47 Å². The molecule has 0 aromatic carbocycles.